The van der Waals surface area contributed by atoms with Gasteiger partial charge in [-0.3, -0.25) is 0 Å². The number of rotatable bonds is 6. The summed E-state index contributed by atoms with van der Waals surface area (Å²) in [7, 11) is 0. The Morgan fingerprint density at radius 3 is 2.82 bits per heavy atom. The highest BCUT2D eigenvalue weighted by molar-refractivity contribution is 9.10. The van der Waals surface area contributed by atoms with Gasteiger partial charge in [0.25, 0.3) is 0 Å². The highest BCUT2D eigenvalue weighted by Gasteiger charge is 2.12. The molecule has 0 saturated heterocycles. The molecule has 1 rings (SSSR count). The van der Waals surface area contributed by atoms with Gasteiger partial charge < -0.3 is 9.84 Å². The van der Waals surface area contributed by atoms with Crippen molar-refractivity contribution in [3.05, 3.63) is 28.2 Å². The number of hydrogen-bond donors (Lipinski definition) is 1. The van der Waals surface area contributed by atoms with E-state index in [1.807, 2.05) is 0 Å². The van der Waals surface area contributed by atoms with E-state index in [-0.39, 0.29) is 5.56 Å². The molecule has 4 heteroatoms. The second-order valence-corrected chi connectivity index (χ2v) is 5.07. The van der Waals surface area contributed by atoms with Crippen LogP contribution in [-0.4, -0.2) is 17.7 Å². The van der Waals surface area contributed by atoms with E-state index in [4.69, 9.17) is 9.84 Å². The zero-order valence-corrected chi connectivity index (χ0v) is 11.7. The highest BCUT2D eigenvalue weighted by atomic mass is 79.9. The van der Waals surface area contributed by atoms with Crippen LogP contribution in [0.4, 0.5) is 0 Å². The van der Waals surface area contributed by atoms with E-state index in [2.05, 4.69) is 29.8 Å². The normalized spacial score (nSPS) is 12.2. The summed E-state index contributed by atoms with van der Waals surface area (Å²) in [5.74, 6) is -0.105. The quantitative estimate of drug-likeness (QED) is 0.865. The zero-order chi connectivity index (χ0) is 12.8. The monoisotopic (exact) mass is 300 g/mol. The molecule has 94 valence electrons. The topological polar surface area (TPSA) is 46.5 Å². The number of benzene rings is 1. The predicted molar refractivity (Wildman–Crippen MR) is 70.7 cm³/mol. The molecule has 17 heavy (non-hydrogen) atoms. The summed E-state index contributed by atoms with van der Waals surface area (Å²) in [6, 6.07) is 4.94. The first-order valence-electron chi connectivity index (χ1n) is 5.70. The molecule has 0 saturated carbocycles. The zero-order valence-electron chi connectivity index (χ0n) is 10.1. The van der Waals surface area contributed by atoms with Crippen molar-refractivity contribution < 1.29 is 14.6 Å². The van der Waals surface area contributed by atoms with Gasteiger partial charge in [-0.05, 0) is 30.5 Å². The Kier molecular flexibility index (Phi) is 5.48. The largest absolute Gasteiger partial charge is 0.492 e. The Morgan fingerprint density at radius 2 is 2.24 bits per heavy atom. The molecular formula is C13H17BrO3. The lowest BCUT2D eigenvalue weighted by Gasteiger charge is -2.14. The van der Waals surface area contributed by atoms with Crippen molar-refractivity contribution in [2.45, 2.75) is 26.7 Å². The maximum atomic E-state index is 11.0. The van der Waals surface area contributed by atoms with Crippen LogP contribution in [0.15, 0.2) is 22.7 Å². The maximum Gasteiger partial charge on any atom is 0.339 e. The Bertz CT molecular complexity index is 390. The first-order valence-corrected chi connectivity index (χ1v) is 6.49. The van der Waals surface area contributed by atoms with Crippen LogP contribution in [0.25, 0.3) is 0 Å². The van der Waals surface area contributed by atoms with Gasteiger partial charge in [-0.15, -0.1) is 0 Å². The molecular weight excluding hydrogens is 284 g/mol. The van der Waals surface area contributed by atoms with Crippen molar-refractivity contribution in [3.63, 3.8) is 0 Å². The molecule has 0 aromatic heterocycles. The summed E-state index contributed by atoms with van der Waals surface area (Å²) in [5, 5.41) is 9.03. The van der Waals surface area contributed by atoms with Crippen LogP contribution >= 0.6 is 15.9 Å². The number of carboxylic acid groups (broad SMARTS) is 1. The third kappa shape index (κ3) is 4.38. The van der Waals surface area contributed by atoms with Gasteiger partial charge in [-0.1, -0.05) is 36.2 Å². The fraction of sp³-hybridized carbons (Fsp3) is 0.462. The molecule has 1 atom stereocenters. The molecule has 0 radical (unpaired) electrons. The number of carbonyl (C=O) groups is 1. The van der Waals surface area contributed by atoms with Crippen molar-refractivity contribution in [1.82, 2.24) is 0 Å². The van der Waals surface area contributed by atoms with Crippen LogP contribution in [0.1, 0.15) is 37.0 Å². The predicted octanol–water partition coefficient (Wildman–Crippen LogP) is 3.96. The van der Waals surface area contributed by atoms with E-state index in [1.54, 1.807) is 18.2 Å². The third-order valence-corrected chi connectivity index (χ3v) is 2.97. The van der Waals surface area contributed by atoms with E-state index >= 15 is 0 Å². The van der Waals surface area contributed by atoms with Gasteiger partial charge in [-0.2, -0.15) is 0 Å². The number of aromatic carboxylic acids is 1. The van der Waals surface area contributed by atoms with Gasteiger partial charge in [0.2, 0.25) is 0 Å². The summed E-state index contributed by atoms with van der Waals surface area (Å²) in [4.78, 5) is 11.0. The number of halogens is 1. The molecule has 0 aliphatic carbocycles. The van der Waals surface area contributed by atoms with E-state index in [0.717, 1.165) is 17.3 Å². The van der Waals surface area contributed by atoms with Crippen LogP contribution in [0.3, 0.4) is 0 Å². The smallest absolute Gasteiger partial charge is 0.339 e. The second-order valence-electron chi connectivity index (χ2n) is 4.15. The van der Waals surface area contributed by atoms with Crippen LogP contribution in [0.5, 0.6) is 5.75 Å². The number of ether oxygens (including phenoxy) is 1. The molecule has 0 spiro atoms. The molecule has 3 nitrogen and oxygen atoms in total. The molecule has 0 aliphatic heterocycles. The fourth-order valence-corrected chi connectivity index (χ4v) is 1.94. The molecule has 0 aliphatic rings. The van der Waals surface area contributed by atoms with E-state index in [1.165, 1.54) is 0 Å². The first-order chi connectivity index (χ1) is 8.04. The fourth-order valence-electron chi connectivity index (χ4n) is 1.60. The number of carboxylic acids is 1. The lowest BCUT2D eigenvalue weighted by molar-refractivity contribution is 0.0691. The molecule has 0 amide bonds. The van der Waals surface area contributed by atoms with Crippen molar-refractivity contribution >= 4 is 21.9 Å². The third-order valence-electron chi connectivity index (χ3n) is 2.48. The molecule has 0 heterocycles. The molecule has 1 unspecified atom stereocenters. The van der Waals surface area contributed by atoms with Gasteiger partial charge in [-0.25, -0.2) is 4.79 Å². The van der Waals surface area contributed by atoms with Gasteiger partial charge in [0.15, 0.2) is 0 Å². The van der Waals surface area contributed by atoms with E-state index < -0.39 is 5.97 Å². The van der Waals surface area contributed by atoms with Crippen LogP contribution in [0, 0.1) is 5.92 Å². The highest BCUT2D eigenvalue weighted by Crippen LogP contribution is 2.24. The van der Waals surface area contributed by atoms with Gasteiger partial charge >= 0.3 is 5.97 Å². The lowest BCUT2D eigenvalue weighted by atomic mass is 10.1. The SMILES string of the molecule is CCCC(C)COc1cc(Br)ccc1C(=O)O. The summed E-state index contributed by atoms with van der Waals surface area (Å²) in [6.07, 6.45) is 2.19. The second kappa shape index (κ2) is 6.64. The summed E-state index contributed by atoms with van der Waals surface area (Å²) >= 11 is 3.31. The Labute approximate surface area is 110 Å². The van der Waals surface area contributed by atoms with Crippen molar-refractivity contribution in [3.8, 4) is 5.75 Å². The molecule has 1 aromatic rings. The van der Waals surface area contributed by atoms with Crippen molar-refractivity contribution in [2.24, 2.45) is 5.92 Å². The minimum absolute atomic E-state index is 0.205. The minimum Gasteiger partial charge on any atom is -0.492 e. The average molecular weight is 301 g/mol. The summed E-state index contributed by atoms with van der Waals surface area (Å²) in [6.45, 7) is 4.77. The molecule has 1 N–H and O–H groups in total. The lowest BCUT2D eigenvalue weighted by Crippen LogP contribution is -2.10. The Hall–Kier alpha value is -1.03. The molecule has 0 bridgehead atoms. The van der Waals surface area contributed by atoms with E-state index in [9.17, 15) is 4.79 Å². The van der Waals surface area contributed by atoms with Crippen molar-refractivity contribution in [2.75, 3.05) is 6.61 Å². The van der Waals surface area contributed by atoms with Gasteiger partial charge in [0.05, 0.1) is 6.61 Å². The maximum absolute atomic E-state index is 11.0. The minimum atomic E-state index is -0.962. The van der Waals surface area contributed by atoms with Gasteiger partial charge in [0.1, 0.15) is 11.3 Å². The van der Waals surface area contributed by atoms with Gasteiger partial charge in [0, 0.05) is 4.47 Å². The first kappa shape index (κ1) is 14.0. The van der Waals surface area contributed by atoms with Crippen LogP contribution in [0.2, 0.25) is 0 Å². The number of hydrogen-bond acceptors (Lipinski definition) is 2. The summed E-state index contributed by atoms with van der Waals surface area (Å²) in [5.41, 5.74) is 0.205. The van der Waals surface area contributed by atoms with Crippen LogP contribution < -0.4 is 4.74 Å². The Morgan fingerprint density at radius 1 is 1.53 bits per heavy atom. The Balaban J connectivity index is 2.75. The molecule has 0 fully saturated rings. The standard InChI is InChI=1S/C13H17BrO3/c1-3-4-9(2)8-17-12-7-10(14)5-6-11(12)13(15)16/h5-7,9H,3-4,8H2,1-2H3,(H,15,16). The average Bonchev–Trinajstić information content (AvgIpc) is 2.26. The van der Waals surface area contributed by atoms with Crippen LogP contribution in [-0.2, 0) is 0 Å². The van der Waals surface area contributed by atoms with Crippen molar-refractivity contribution in [1.29, 1.82) is 0 Å². The van der Waals surface area contributed by atoms with E-state index in [0.29, 0.717) is 18.3 Å². The molecule has 1 aromatic carbocycles. The summed E-state index contributed by atoms with van der Waals surface area (Å²) < 4.78 is 6.40.